The maximum absolute atomic E-state index is 14.4. The minimum absolute atomic E-state index is 0.0384. The van der Waals surface area contributed by atoms with E-state index in [-0.39, 0.29) is 10.9 Å². The molecule has 146 valence electrons. The third-order valence-corrected chi connectivity index (χ3v) is 9.35. The van der Waals surface area contributed by atoms with Crippen LogP contribution >= 0.6 is 0 Å². The van der Waals surface area contributed by atoms with Gasteiger partial charge in [-0.05, 0) is 61.5 Å². The zero-order valence-corrected chi connectivity index (χ0v) is 18.2. The summed E-state index contributed by atoms with van der Waals surface area (Å²) in [5.41, 5.74) is 2.13. The number of nitrogens with zero attached hydrogens (tertiary/aromatic N) is 1. The van der Waals surface area contributed by atoms with E-state index in [9.17, 15) is 9.19 Å². The molecule has 0 unspecified atom stereocenters. The Morgan fingerprint density at radius 2 is 1.92 bits per heavy atom. The normalized spacial score (nSPS) is 12.8. The van der Waals surface area contributed by atoms with Gasteiger partial charge in [-0.1, -0.05) is 27.2 Å². The molecule has 0 spiro atoms. The number of ether oxygens (including phenoxy) is 1. The summed E-state index contributed by atoms with van der Waals surface area (Å²) < 4.78 is 22.3. The molecule has 0 atom stereocenters. The third-order valence-electron chi connectivity index (χ3n) is 5.79. The first-order valence-corrected chi connectivity index (χ1v) is 12.6. The molecule has 1 heterocycles. The highest BCUT2D eigenvalue weighted by molar-refractivity contribution is 6.72. The Kier molecular flexibility index (Phi) is 6.56. The van der Waals surface area contributed by atoms with E-state index in [4.69, 9.17) is 4.74 Å². The molecule has 1 aromatic heterocycles. The lowest BCUT2D eigenvalue weighted by Crippen LogP contribution is -2.38. The molecule has 0 fully saturated rings. The van der Waals surface area contributed by atoms with Gasteiger partial charge in [-0.25, -0.2) is 4.39 Å². The fourth-order valence-corrected chi connectivity index (χ4v) is 3.98. The van der Waals surface area contributed by atoms with Crippen LogP contribution in [-0.4, -0.2) is 24.3 Å². The van der Waals surface area contributed by atoms with E-state index in [1.807, 2.05) is 30.8 Å². The first kappa shape index (κ1) is 21.0. The van der Waals surface area contributed by atoms with Crippen LogP contribution in [0.1, 0.15) is 52.0 Å². The van der Waals surface area contributed by atoms with Gasteiger partial charge in [0.1, 0.15) is 0 Å². The van der Waals surface area contributed by atoms with Crippen LogP contribution in [0.4, 0.5) is 4.39 Å². The smallest absolute Gasteiger partial charge is 0.188 e. The number of aryl methyl sites for hydroxylation is 2. The molecule has 0 aliphatic heterocycles. The number of aromatic nitrogens is 1. The predicted molar refractivity (Wildman–Crippen MR) is 110 cm³/mol. The van der Waals surface area contributed by atoms with Crippen LogP contribution < -0.4 is 4.74 Å². The van der Waals surface area contributed by atoms with Crippen molar-refractivity contribution in [2.75, 3.05) is 6.61 Å². The fraction of sp³-hybridized carbons (Fsp3) is 0.619. The number of hydrogen-bond acceptors (Lipinski definition) is 2. The minimum Gasteiger partial charge on any atom is -0.490 e. The van der Waals surface area contributed by atoms with Crippen LogP contribution in [0.5, 0.6) is 5.75 Å². The van der Waals surface area contributed by atoms with E-state index in [0.717, 1.165) is 48.6 Å². The summed E-state index contributed by atoms with van der Waals surface area (Å²) in [4.78, 5) is 10.5. The summed E-state index contributed by atoms with van der Waals surface area (Å²) in [5.74, 6) is 0.105. The van der Waals surface area contributed by atoms with Crippen molar-refractivity contribution in [3.05, 3.63) is 29.7 Å². The largest absolute Gasteiger partial charge is 0.490 e. The maximum atomic E-state index is 14.4. The SMILES string of the molecule is CCCCOc1c(F)ccc2c1c(CCCC(C)(C)[Si](C)(C)O)cn2C. The van der Waals surface area contributed by atoms with Crippen LogP contribution in [0, 0.1) is 5.82 Å². The lowest BCUT2D eigenvalue weighted by atomic mass is 10.0. The molecule has 26 heavy (non-hydrogen) atoms. The van der Waals surface area contributed by atoms with Gasteiger partial charge in [-0.3, -0.25) is 0 Å². The van der Waals surface area contributed by atoms with Crippen LogP contribution in [0.15, 0.2) is 18.3 Å². The highest BCUT2D eigenvalue weighted by Crippen LogP contribution is 2.41. The number of halogens is 1. The monoisotopic (exact) mass is 379 g/mol. The molecule has 0 saturated carbocycles. The number of fused-ring (bicyclic) bond motifs is 1. The van der Waals surface area contributed by atoms with Crippen molar-refractivity contribution in [3.63, 3.8) is 0 Å². The standard InChI is InChI=1S/C21H34FNO2Si/c1-7-8-14-25-20-17(22)11-12-18-19(20)16(15-23(18)4)10-9-13-21(2,3)26(5,6)24/h11-12,15,24H,7-10,13-14H2,1-6H3. The second kappa shape index (κ2) is 8.13. The van der Waals surface area contributed by atoms with E-state index in [2.05, 4.69) is 27.0 Å². The van der Waals surface area contributed by atoms with Crippen molar-refractivity contribution in [2.45, 2.75) is 71.0 Å². The van der Waals surface area contributed by atoms with Gasteiger partial charge in [0, 0.05) is 18.6 Å². The number of unbranched alkanes of at least 4 members (excludes halogenated alkanes) is 1. The second-order valence-electron chi connectivity index (χ2n) is 8.53. The van der Waals surface area contributed by atoms with Crippen molar-refractivity contribution >= 4 is 19.2 Å². The summed E-state index contributed by atoms with van der Waals surface area (Å²) in [5, 5.41) is 0.866. The molecule has 1 aromatic carbocycles. The molecule has 2 aromatic rings. The van der Waals surface area contributed by atoms with E-state index in [0.29, 0.717) is 12.4 Å². The van der Waals surface area contributed by atoms with E-state index in [1.165, 1.54) is 6.07 Å². The molecule has 0 aliphatic carbocycles. The van der Waals surface area contributed by atoms with Gasteiger partial charge >= 0.3 is 0 Å². The van der Waals surface area contributed by atoms with Crippen molar-refractivity contribution in [1.82, 2.24) is 4.57 Å². The summed E-state index contributed by atoms with van der Waals surface area (Å²) >= 11 is 0. The van der Waals surface area contributed by atoms with E-state index in [1.54, 1.807) is 0 Å². The molecule has 0 amide bonds. The summed E-state index contributed by atoms with van der Waals surface area (Å²) in [6, 6.07) is 3.32. The lowest BCUT2D eigenvalue weighted by Gasteiger charge is -2.35. The van der Waals surface area contributed by atoms with Gasteiger partial charge in [0.15, 0.2) is 19.9 Å². The van der Waals surface area contributed by atoms with Crippen LogP contribution in [-0.2, 0) is 13.5 Å². The predicted octanol–water partition coefficient (Wildman–Crippen LogP) is 5.80. The highest BCUT2D eigenvalue weighted by Gasteiger charge is 2.37. The zero-order chi connectivity index (χ0) is 19.5. The topological polar surface area (TPSA) is 34.4 Å². The Labute approximate surface area is 158 Å². The highest BCUT2D eigenvalue weighted by atomic mass is 28.4. The average molecular weight is 380 g/mol. The Morgan fingerprint density at radius 1 is 1.23 bits per heavy atom. The zero-order valence-electron chi connectivity index (χ0n) is 17.2. The van der Waals surface area contributed by atoms with E-state index >= 15 is 0 Å². The third kappa shape index (κ3) is 4.49. The van der Waals surface area contributed by atoms with Gasteiger partial charge in [-0.2, -0.15) is 0 Å². The summed E-state index contributed by atoms with van der Waals surface area (Å²) in [6.45, 7) is 10.9. The van der Waals surface area contributed by atoms with Crippen molar-refractivity contribution in [2.24, 2.45) is 7.05 Å². The number of hydrogen-bond donors (Lipinski definition) is 1. The average Bonchev–Trinajstić information content (AvgIpc) is 2.84. The molecule has 5 heteroatoms. The first-order chi connectivity index (χ1) is 12.1. The van der Waals surface area contributed by atoms with Crippen LogP contribution in [0.25, 0.3) is 10.9 Å². The van der Waals surface area contributed by atoms with Gasteiger partial charge in [0.05, 0.1) is 12.1 Å². The molecular formula is C21H34FNO2Si. The van der Waals surface area contributed by atoms with Crippen molar-refractivity contribution in [3.8, 4) is 5.75 Å². The lowest BCUT2D eigenvalue weighted by molar-refractivity contribution is 0.298. The molecule has 0 bridgehead atoms. The van der Waals surface area contributed by atoms with Gasteiger partial charge < -0.3 is 14.1 Å². The summed E-state index contributed by atoms with van der Waals surface area (Å²) in [7, 11) is -0.210. The Balaban J connectivity index is 2.26. The van der Waals surface area contributed by atoms with Crippen molar-refractivity contribution < 1.29 is 13.9 Å². The van der Waals surface area contributed by atoms with E-state index < -0.39 is 8.32 Å². The first-order valence-electron chi connectivity index (χ1n) is 9.70. The van der Waals surface area contributed by atoms with Gasteiger partial charge in [-0.15, -0.1) is 0 Å². The molecular weight excluding hydrogens is 345 g/mol. The molecule has 0 aliphatic rings. The summed E-state index contributed by atoms with van der Waals surface area (Å²) in [6.07, 6.45) is 6.82. The Bertz CT molecular complexity index is 747. The molecule has 3 nitrogen and oxygen atoms in total. The molecule has 0 radical (unpaired) electrons. The molecule has 2 rings (SSSR count). The fourth-order valence-electron chi connectivity index (χ4n) is 3.19. The van der Waals surface area contributed by atoms with Gasteiger partial charge in [0.2, 0.25) is 0 Å². The van der Waals surface area contributed by atoms with Crippen LogP contribution in [0.3, 0.4) is 0 Å². The van der Waals surface area contributed by atoms with Gasteiger partial charge in [0.25, 0.3) is 0 Å². The quantitative estimate of drug-likeness (QED) is 0.441. The number of rotatable bonds is 9. The van der Waals surface area contributed by atoms with Crippen molar-refractivity contribution in [1.29, 1.82) is 0 Å². The minimum atomic E-state index is -2.20. The molecule has 0 saturated heterocycles. The van der Waals surface area contributed by atoms with Crippen LogP contribution in [0.2, 0.25) is 18.1 Å². The Morgan fingerprint density at radius 3 is 2.54 bits per heavy atom. The second-order valence-corrected chi connectivity index (χ2v) is 13.0. The maximum Gasteiger partial charge on any atom is 0.188 e. The molecule has 1 N–H and O–H groups in total. The number of benzene rings is 1. The Hall–Kier alpha value is -1.33.